The van der Waals surface area contributed by atoms with Gasteiger partial charge >= 0.3 is 0 Å². The smallest absolute Gasteiger partial charge is 0.130 e. The lowest BCUT2D eigenvalue weighted by Crippen LogP contribution is -2.41. The van der Waals surface area contributed by atoms with Gasteiger partial charge in [0.25, 0.3) is 0 Å². The fourth-order valence-corrected chi connectivity index (χ4v) is 3.00. The monoisotopic (exact) mass is 282 g/mol. The number of halogens is 2. The van der Waals surface area contributed by atoms with Crippen LogP contribution in [0.1, 0.15) is 38.3 Å². The van der Waals surface area contributed by atoms with Gasteiger partial charge in [-0.25, -0.2) is 8.78 Å². The zero-order chi connectivity index (χ0) is 14.7. The predicted octanol–water partition coefficient (Wildman–Crippen LogP) is 3.35. The molecule has 0 aliphatic carbocycles. The van der Waals surface area contributed by atoms with Gasteiger partial charge in [0.15, 0.2) is 0 Å². The van der Waals surface area contributed by atoms with Gasteiger partial charge in [-0.3, -0.25) is 0 Å². The maximum atomic E-state index is 13.8. The van der Waals surface area contributed by atoms with Crippen molar-refractivity contribution < 1.29 is 8.78 Å². The first-order valence-corrected chi connectivity index (χ1v) is 7.37. The summed E-state index contributed by atoms with van der Waals surface area (Å²) in [5.74, 6) is -0.375. The van der Waals surface area contributed by atoms with Gasteiger partial charge in [0.1, 0.15) is 11.6 Å². The zero-order valence-corrected chi connectivity index (χ0v) is 12.5. The zero-order valence-electron chi connectivity index (χ0n) is 12.5. The van der Waals surface area contributed by atoms with E-state index in [4.69, 9.17) is 0 Å². The summed E-state index contributed by atoms with van der Waals surface area (Å²) in [6.45, 7) is 6.33. The maximum Gasteiger partial charge on any atom is 0.130 e. The molecule has 0 radical (unpaired) electrons. The topological polar surface area (TPSA) is 15.3 Å². The van der Waals surface area contributed by atoms with Crippen LogP contribution in [0.25, 0.3) is 0 Å². The lowest BCUT2D eigenvalue weighted by atomic mass is 9.90. The van der Waals surface area contributed by atoms with Crippen molar-refractivity contribution in [1.29, 1.82) is 0 Å². The van der Waals surface area contributed by atoms with Gasteiger partial charge in [0, 0.05) is 23.7 Å². The van der Waals surface area contributed by atoms with E-state index in [2.05, 4.69) is 24.2 Å². The normalized spacial score (nSPS) is 20.9. The minimum atomic E-state index is -0.526. The average Bonchev–Trinajstić information content (AvgIpc) is 2.39. The van der Waals surface area contributed by atoms with Gasteiger partial charge in [0.2, 0.25) is 0 Å². The van der Waals surface area contributed by atoms with E-state index in [0.29, 0.717) is 17.5 Å². The summed E-state index contributed by atoms with van der Waals surface area (Å²) >= 11 is 0. The molecule has 20 heavy (non-hydrogen) atoms. The molecule has 112 valence electrons. The van der Waals surface area contributed by atoms with Crippen molar-refractivity contribution in [2.45, 2.75) is 38.8 Å². The fraction of sp³-hybridized carbons (Fsp3) is 0.625. The molecule has 2 atom stereocenters. The van der Waals surface area contributed by atoms with Gasteiger partial charge in [-0.15, -0.1) is 0 Å². The van der Waals surface area contributed by atoms with Crippen molar-refractivity contribution in [1.82, 2.24) is 10.2 Å². The van der Waals surface area contributed by atoms with E-state index in [0.717, 1.165) is 19.2 Å². The lowest BCUT2D eigenvalue weighted by Gasteiger charge is -2.34. The number of benzene rings is 1. The number of nitrogens with zero attached hydrogens (tertiary/aromatic N) is 1. The summed E-state index contributed by atoms with van der Waals surface area (Å²) in [5, 5.41) is 3.46. The van der Waals surface area contributed by atoms with E-state index in [1.54, 1.807) is 0 Å². The first-order chi connectivity index (χ1) is 9.47. The molecule has 1 saturated heterocycles. The number of likely N-dealkylation sites (tertiary alicyclic amines) is 1. The van der Waals surface area contributed by atoms with Crippen LogP contribution in [0, 0.1) is 17.6 Å². The van der Waals surface area contributed by atoms with Crippen LogP contribution in [0.2, 0.25) is 0 Å². The largest absolute Gasteiger partial charge is 0.307 e. The Morgan fingerprint density at radius 1 is 1.20 bits per heavy atom. The summed E-state index contributed by atoms with van der Waals surface area (Å²) in [6.07, 6.45) is 2.34. The predicted molar refractivity (Wildman–Crippen MR) is 77.6 cm³/mol. The third kappa shape index (κ3) is 3.76. The quantitative estimate of drug-likeness (QED) is 0.911. The second-order valence-corrected chi connectivity index (χ2v) is 5.98. The minimum Gasteiger partial charge on any atom is -0.307 e. The van der Waals surface area contributed by atoms with Crippen LogP contribution in [-0.2, 0) is 0 Å². The number of nitrogens with one attached hydrogen (secondary N) is 1. The SMILES string of the molecule is CC(NC(C)C1CCN(C)CC1)c1ccc(F)cc1F. The number of hydrogen-bond donors (Lipinski definition) is 1. The fourth-order valence-electron chi connectivity index (χ4n) is 3.00. The molecule has 1 aromatic carbocycles. The molecule has 1 fully saturated rings. The van der Waals surface area contributed by atoms with E-state index in [9.17, 15) is 8.78 Å². The summed E-state index contributed by atoms with van der Waals surface area (Å²) in [6, 6.07) is 4.03. The molecule has 0 spiro atoms. The second-order valence-electron chi connectivity index (χ2n) is 5.98. The molecule has 2 nitrogen and oxygen atoms in total. The van der Waals surface area contributed by atoms with Crippen molar-refractivity contribution in [3.63, 3.8) is 0 Å². The molecule has 2 rings (SSSR count). The van der Waals surface area contributed by atoms with Crippen molar-refractivity contribution in [2.75, 3.05) is 20.1 Å². The first kappa shape index (κ1) is 15.4. The summed E-state index contributed by atoms with van der Waals surface area (Å²) in [4.78, 5) is 2.34. The molecule has 0 aromatic heterocycles. The van der Waals surface area contributed by atoms with E-state index in [-0.39, 0.29) is 6.04 Å². The highest BCUT2D eigenvalue weighted by atomic mass is 19.1. The van der Waals surface area contributed by atoms with Gasteiger partial charge in [0.05, 0.1) is 0 Å². The molecule has 0 bridgehead atoms. The Hall–Kier alpha value is -1.00. The molecule has 0 amide bonds. The van der Waals surface area contributed by atoms with Crippen LogP contribution in [-0.4, -0.2) is 31.1 Å². The molecule has 1 aromatic rings. The highest BCUT2D eigenvalue weighted by Crippen LogP contribution is 2.23. The molecule has 2 unspecified atom stereocenters. The number of hydrogen-bond acceptors (Lipinski definition) is 2. The Bertz CT molecular complexity index is 442. The van der Waals surface area contributed by atoms with E-state index < -0.39 is 11.6 Å². The standard InChI is InChI=1S/C16H24F2N2/c1-11(13-6-8-20(3)9-7-13)19-12(2)15-5-4-14(17)10-16(15)18/h4-5,10-13,19H,6-9H2,1-3H3. The van der Waals surface area contributed by atoms with Gasteiger partial charge in [-0.05, 0) is 58.8 Å². The van der Waals surface area contributed by atoms with E-state index >= 15 is 0 Å². The molecule has 1 aliphatic heterocycles. The Morgan fingerprint density at radius 2 is 1.85 bits per heavy atom. The Morgan fingerprint density at radius 3 is 2.45 bits per heavy atom. The van der Waals surface area contributed by atoms with Gasteiger partial charge in [-0.2, -0.15) is 0 Å². The van der Waals surface area contributed by atoms with Crippen LogP contribution in [0.5, 0.6) is 0 Å². The van der Waals surface area contributed by atoms with Crippen LogP contribution in [0.3, 0.4) is 0 Å². The van der Waals surface area contributed by atoms with Crippen LogP contribution in [0.4, 0.5) is 8.78 Å². The van der Waals surface area contributed by atoms with Gasteiger partial charge < -0.3 is 10.2 Å². The highest BCUT2D eigenvalue weighted by Gasteiger charge is 2.24. The Labute approximate surface area is 120 Å². The summed E-state index contributed by atoms with van der Waals surface area (Å²) < 4.78 is 26.7. The molecular formula is C16H24F2N2. The summed E-state index contributed by atoms with van der Waals surface area (Å²) in [5.41, 5.74) is 0.533. The molecule has 1 aliphatic rings. The third-order valence-corrected chi connectivity index (χ3v) is 4.41. The van der Waals surface area contributed by atoms with Crippen LogP contribution in [0.15, 0.2) is 18.2 Å². The molecule has 4 heteroatoms. The van der Waals surface area contributed by atoms with E-state index in [1.165, 1.54) is 25.0 Å². The van der Waals surface area contributed by atoms with Crippen molar-refractivity contribution in [2.24, 2.45) is 5.92 Å². The molecular weight excluding hydrogens is 258 g/mol. The van der Waals surface area contributed by atoms with Crippen LogP contribution < -0.4 is 5.32 Å². The second kappa shape index (κ2) is 6.64. The summed E-state index contributed by atoms with van der Waals surface area (Å²) in [7, 11) is 2.14. The van der Waals surface area contributed by atoms with Gasteiger partial charge in [-0.1, -0.05) is 6.07 Å². The van der Waals surface area contributed by atoms with Crippen LogP contribution >= 0.6 is 0 Å². The molecule has 1 N–H and O–H groups in total. The minimum absolute atomic E-state index is 0.106. The lowest BCUT2D eigenvalue weighted by molar-refractivity contribution is 0.185. The van der Waals surface area contributed by atoms with Crippen molar-refractivity contribution >= 4 is 0 Å². The first-order valence-electron chi connectivity index (χ1n) is 7.37. The van der Waals surface area contributed by atoms with E-state index in [1.807, 2.05) is 6.92 Å². The molecule has 0 saturated carbocycles. The number of piperidine rings is 1. The average molecular weight is 282 g/mol. The Balaban J connectivity index is 1.95. The van der Waals surface area contributed by atoms with Crippen molar-refractivity contribution in [3.8, 4) is 0 Å². The highest BCUT2D eigenvalue weighted by molar-refractivity contribution is 5.21. The maximum absolute atomic E-state index is 13.8. The number of rotatable bonds is 4. The third-order valence-electron chi connectivity index (χ3n) is 4.41. The molecule has 1 heterocycles. The van der Waals surface area contributed by atoms with Crippen molar-refractivity contribution in [3.05, 3.63) is 35.4 Å². The Kier molecular flexibility index (Phi) is 5.11.